The SMILES string of the molecule is COc1cc(/C=N/NC(=O)C2CCCCC2)ccc1OC(=O)c1ccc(Cl)cc1Cl. The van der Waals surface area contributed by atoms with Crippen molar-refractivity contribution in [1.82, 2.24) is 5.43 Å². The van der Waals surface area contributed by atoms with E-state index in [1.54, 1.807) is 24.3 Å². The number of amides is 1. The van der Waals surface area contributed by atoms with E-state index in [-0.39, 0.29) is 28.2 Å². The maximum Gasteiger partial charge on any atom is 0.345 e. The van der Waals surface area contributed by atoms with Crippen molar-refractivity contribution in [3.8, 4) is 11.5 Å². The van der Waals surface area contributed by atoms with Gasteiger partial charge in [-0.25, -0.2) is 10.2 Å². The fourth-order valence-electron chi connectivity index (χ4n) is 3.29. The summed E-state index contributed by atoms with van der Waals surface area (Å²) >= 11 is 11.9. The lowest BCUT2D eigenvalue weighted by molar-refractivity contribution is -0.125. The minimum atomic E-state index is -0.629. The van der Waals surface area contributed by atoms with Crippen LogP contribution in [0.15, 0.2) is 41.5 Å². The maximum atomic E-state index is 12.4. The highest BCUT2D eigenvalue weighted by atomic mass is 35.5. The van der Waals surface area contributed by atoms with Crippen molar-refractivity contribution in [2.24, 2.45) is 11.0 Å². The fourth-order valence-corrected chi connectivity index (χ4v) is 3.77. The summed E-state index contributed by atoms with van der Waals surface area (Å²) in [5, 5.41) is 4.65. The van der Waals surface area contributed by atoms with Crippen molar-refractivity contribution < 1.29 is 19.1 Å². The van der Waals surface area contributed by atoms with Gasteiger partial charge in [0, 0.05) is 10.9 Å². The minimum Gasteiger partial charge on any atom is -0.493 e. The predicted molar refractivity (Wildman–Crippen MR) is 117 cm³/mol. The van der Waals surface area contributed by atoms with E-state index >= 15 is 0 Å². The molecule has 6 nitrogen and oxygen atoms in total. The third-order valence-corrected chi connectivity index (χ3v) is 5.45. The molecule has 2 aromatic rings. The second-order valence-electron chi connectivity index (χ2n) is 6.99. The predicted octanol–water partition coefficient (Wildman–Crippen LogP) is 5.25. The molecule has 0 spiro atoms. The molecule has 1 N–H and O–H groups in total. The molecule has 1 aliphatic carbocycles. The number of nitrogens with one attached hydrogen (secondary N) is 1. The second-order valence-corrected chi connectivity index (χ2v) is 7.84. The highest BCUT2D eigenvalue weighted by Gasteiger charge is 2.20. The Balaban J connectivity index is 1.65. The van der Waals surface area contributed by atoms with E-state index in [1.807, 2.05) is 0 Å². The Bertz CT molecular complexity index is 956. The summed E-state index contributed by atoms with van der Waals surface area (Å²) in [5.41, 5.74) is 3.47. The van der Waals surface area contributed by atoms with Crippen LogP contribution in [-0.2, 0) is 4.79 Å². The van der Waals surface area contributed by atoms with Gasteiger partial charge in [-0.3, -0.25) is 4.79 Å². The van der Waals surface area contributed by atoms with Crippen LogP contribution in [0, 0.1) is 5.92 Å². The van der Waals surface area contributed by atoms with Crippen molar-refractivity contribution in [3.63, 3.8) is 0 Å². The number of benzene rings is 2. The number of methoxy groups -OCH3 is 1. The van der Waals surface area contributed by atoms with E-state index < -0.39 is 5.97 Å². The maximum absolute atomic E-state index is 12.4. The highest BCUT2D eigenvalue weighted by Crippen LogP contribution is 2.30. The number of hydrogen-bond donors (Lipinski definition) is 1. The Kier molecular flexibility index (Phi) is 7.71. The van der Waals surface area contributed by atoms with Gasteiger partial charge in [0.15, 0.2) is 11.5 Å². The molecule has 1 fully saturated rings. The standard InChI is InChI=1S/C22H22Cl2N2O4/c1-29-20-11-14(13-25-26-21(27)15-5-3-2-4-6-15)7-10-19(20)30-22(28)17-9-8-16(23)12-18(17)24/h7-13,15H,2-6H2,1H3,(H,26,27)/b25-13+. The van der Waals surface area contributed by atoms with Crippen molar-refractivity contribution >= 4 is 41.3 Å². The molecule has 0 atom stereocenters. The lowest BCUT2D eigenvalue weighted by Gasteiger charge is -2.19. The molecule has 8 heteroatoms. The average Bonchev–Trinajstić information content (AvgIpc) is 2.75. The molecule has 0 heterocycles. The molecule has 0 aliphatic heterocycles. The number of carbonyl (C=O) groups excluding carboxylic acids is 2. The average molecular weight is 449 g/mol. The molecule has 0 saturated heterocycles. The van der Waals surface area contributed by atoms with Crippen LogP contribution in [0.2, 0.25) is 10.0 Å². The normalized spacial score (nSPS) is 14.5. The molecular weight excluding hydrogens is 427 g/mol. The second kappa shape index (κ2) is 10.5. The van der Waals surface area contributed by atoms with Crippen LogP contribution >= 0.6 is 23.2 Å². The van der Waals surface area contributed by atoms with Crippen LogP contribution in [0.3, 0.4) is 0 Å². The van der Waals surface area contributed by atoms with Crippen LogP contribution in [-0.4, -0.2) is 25.2 Å². The zero-order valence-corrected chi connectivity index (χ0v) is 18.0. The fraction of sp³-hybridized carbons (Fsp3) is 0.318. The van der Waals surface area contributed by atoms with Gasteiger partial charge in [0.1, 0.15) is 0 Å². The number of halogens is 2. The van der Waals surface area contributed by atoms with Gasteiger partial charge < -0.3 is 9.47 Å². The van der Waals surface area contributed by atoms with E-state index in [1.165, 1.54) is 31.9 Å². The summed E-state index contributed by atoms with van der Waals surface area (Å²) in [6.07, 6.45) is 6.69. The van der Waals surface area contributed by atoms with Crippen molar-refractivity contribution in [2.45, 2.75) is 32.1 Å². The van der Waals surface area contributed by atoms with E-state index in [9.17, 15) is 9.59 Å². The first-order valence-corrected chi connectivity index (χ1v) is 10.4. The first-order chi connectivity index (χ1) is 14.5. The third kappa shape index (κ3) is 5.74. The molecule has 3 rings (SSSR count). The molecule has 0 bridgehead atoms. The van der Waals surface area contributed by atoms with Crippen molar-refractivity contribution in [1.29, 1.82) is 0 Å². The van der Waals surface area contributed by atoms with Gasteiger partial charge in [0.2, 0.25) is 5.91 Å². The Hall–Kier alpha value is -2.57. The molecule has 1 aliphatic rings. The van der Waals surface area contributed by atoms with Gasteiger partial charge in [-0.2, -0.15) is 5.10 Å². The van der Waals surface area contributed by atoms with E-state index in [2.05, 4.69) is 10.5 Å². The number of rotatable bonds is 6. The van der Waals surface area contributed by atoms with Crippen LogP contribution in [0.5, 0.6) is 11.5 Å². The Labute approximate surface area is 185 Å². The molecule has 1 saturated carbocycles. The van der Waals surface area contributed by atoms with Crippen LogP contribution in [0.1, 0.15) is 48.0 Å². The zero-order valence-electron chi connectivity index (χ0n) is 16.5. The van der Waals surface area contributed by atoms with Crippen LogP contribution < -0.4 is 14.9 Å². The molecule has 158 valence electrons. The number of hydrogen-bond acceptors (Lipinski definition) is 5. The summed E-state index contributed by atoms with van der Waals surface area (Å²) in [6, 6.07) is 9.47. The largest absolute Gasteiger partial charge is 0.493 e. The monoisotopic (exact) mass is 448 g/mol. The summed E-state index contributed by atoms with van der Waals surface area (Å²) in [4.78, 5) is 24.6. The zero-order chi connectivity index (χ0) is 21.5. The van der Waals surface area contributed by atoms with E-state index in [4.69, 9.17) is 32.7 Å². The lowest BCUT2D eigenvalue weighted by Crippen LogP contribution is -2.28. The molecule has 2 aromatic carbocycles. The molecular formula is C22H22Cl2N2O4. The summed E-state index contributed by atoms with van der Waals surface area (Å²) in [6.45, 7) is 0. The lowest BCUT2D eigenvalue weighted by atomic mass is 9.89. The molecule has 0 radical (unpaired) electrons. The number of carbonyl (C=O) groups is 2. The number of esters is 1. The van der Waals surface area contributed by atoms with Gasteiger partial charge in [-0.15, -0.1) is 0 Å². The highest BCUT2D eigenvalue weighted by molar-refractivity contribution is 6.36. The number of hydrazone groups is 1. The molecule has 30 heavy (non-hydrogen) atoms. The minimum absolute atomic E-state index is 0.0342. The Morgan fingerprint density at radius 1 is 1.07 bits per heavy atom. The van der Waals surface area contributed by atoms with Crippen LogP contribution in [0.4, 0.5) is 0 Å². The number of nitrogens with zero attached hydrogens (tertiary/aromatic N) is 1. The van der Waals surface area contributed by atoms with Gasteiger partial charge in [-0.1, -0.05) is 42.5 Å². The smallest absolute Gasteiger partial charge is 0.345 e. The quantitative estimate of drug-likeness (QED) is 0.283. The van der Waals surface area contributed by atoms with Crippen molar-refractivity contribution in [3.05, 3.63) is 57.6 Å². The first-order valence-electron chi connectivity index (χ1n) is 9.66. The van der Waals surface area contributed by atoms with Gasteiger partial charge in [0.25, 0.3) is 0 Å². The summed E-state index contributed by atoms with van der Waals surface area (Å²) in [5.74, 6) is -0.0701. The van der Waals surface area contributed by atoms with E-state index in [0.29, 0.717) is 16.3 Å². The Morgan fingerprint density at radius 3 is 2.53 bits per heavy atom. The van der Waals surface area contributed by atoms with Crippen LogP contribution in [0.25, 0.3) is 0 Å². The van der Waals surface area contributed by atoms with Gasteiger partial charge >= 0.3 is 5.97 Å². The molecule has 0 aromatic heterocycles. The van der Waals surface area contributed by atoms with E-state index in [0.717, 1.165) is 25.7 Å². The van der Waals surface area contributed by atoms with Crippen molar-refractivity contribution in [2.75, 3.05) is 7.11 Å². The summed E-state index contributed by atoms with van der Waals surface area (Å²) in [7, 11) is 1.47. The molecule has 0 unspecified atom stereocenters. The number of ether oxygens (including phenoxy) is 2. The summed E-state index contributed by atoms with van der Waals surface area (Å²) < 4.78 is 10.7. The Morgan fingerprint density at radius 2 is 1.83 bits per heavy atom. The third-order valence-electron chi connectivity index (χ3n) is 4.91. The molecule has 1 amide bonds. The van der Waals surface area contributed by atoms with Gasteiger partial charge in [0.05, 0.1) is 23.9 Å². The van der Waals surface area contributed by atoms with Gasteiger partial charge in [-0.05, 0) is 54.8 Å². The first kappa shape index (κ1) is 22.1. The topological polar surface area (TPSA) is 77.0 Å².